The summed E-state index contributed by atoms with van der Waals surface area (Å²) in [5.41, 5.74) is 6.23. The maximum Gasteiger partial charge on any atom is 0.271 e. The first-order chi connectivity index (χ1) is 16.1. The fourth-order valence-corrected chi connectivity index (χ4v) is 2.96. The molecule has 0 atom stereocenters. The molecule has 1 aromatic heterocycles. The predicted molar refractivity (Wildman–Crippen MR) is 128 cm³/mol. The maximum absolute atomic E-state index is 12.0. The molecule has 0 radical (unpaired) electrons. The highest BCUT2D eigenvalue weighted by Gasteiger charge is 2.07. The van der Waals surface area contributed by atoms with Gasteiger partial charge in [0.25, 0.3) is 5.91 Å². The first-order valence-corrected chi connectivity index (χ1v) is 10.9. The van der Waals surface area contributed by atoms with Gasteiger partial charge in [-0.3, -0.25) is 9.78 Å². The van der Waals surface area contributed by atoms with E-state index in [1.165, 1.54) is 11.1 Å². The molecule has 0 bridgehead atoms. The molecule has 0 fully saturated rings. The van der Waals surface area contributed by atoms with Gasteiger partial charge in [-0.15, -0.1) is 0 Å². The smallest absolute Gasteiger partial charge is 0.271 e. The molecule has 0 unspecified atom stereocenters. The van der Waals surface area contributed by atoms with Gasteiger partial charge >= 0.3 is 0 Å². The van der Waals surface area contributed by atoms with E-state index in [-0.39, 0.29) is 5.91 Å². The van der Waals surface area contributed by atoms with E-state index in [4.69, 9.17) is 14.2 Å². The zero-order valence-electron chi connectivity index (χ0n) is 19.2. The molecule has 33 heavy (non-hydrogen) atoms. The van der Waals surface area contributed by atoms with Crippen LogP contribution in [0.25, 0.3) is 0 Å². The van der Waals surface area contributed by atoms with Crippen LogP contribution in [0.15, 0.2) is 66.0 Å². The molecule has 3 rings (SSSR count). The second-order valence-electron chi connectivity index (χ2n) is 7.37. The van der Waals surface area contributed by atoms with Crippen LogP contribution in [0.5, 0.6) is 17.2 Å². The second kappa shape index (κ2) is 12.2. The number of nitrogens with zero attached hydrogens (tertiary/aromatic N) is 2. The van der Waals surface area contributed by atoms with E-state index in [1.807, 2.05) is 37.3 Å². The lowest BCUT2D eigenvalue weighted by atomic mass is 10.1. The Hall–Kier alpha value is -3.87. The molecule has 0 aliphatic rings. The number of rotatable bonds is 11. The van der Waals surface area contributed by atoms with Crippen LogP contribution in [0.4, 0.5) is 0 Å². The van der Waals surface area contributed by atoms with Crippen LogP contribution in [-0.4, -0.2) is 36.9 Å². The van der Waals surface area contributed by atoms with E-state index >= 15 is 0 Å². The number of benzene rings is 2. The number of amides is 1. The Morgan fingerprint density at radius 3 is 2.48 bits per heavy atom. The van der Waals surface area contributed by atoms with Crippen LogP contribution >= 0.6 is 0 Å². The Labute approximate surface area is 194 Å². The van der Waals surface area contributed by atoms with Gasteiger partial charge in [0.1, 0.15) is 5.75 Å². The second-order valence-corrected chi connectivity index (χ2v) is 7.37. The van der Waals surface area contributed by atoms with Crippen LogP contribution in [0, 0.1) is 13.8 Å². The van der Waals surface area contributed by atoms with Crippen molar-refractivity contribution in [1.82, 2.24) is 10.4 Å². The third kappa shape index (κ3) is 7.35. The summed E-state index contributed by atoms with van der Waals surface area (Å²) in [4.78, 5) is 15.9. The van der Waals surface area contributed by atoms with E-state index in [9.17, 15) is 4.79 Å². The lowest BCUT2D eigenvalue weighted by Gasteiger charge is -2.13. The van der Waals surface area contributed by atoms with Crippen LogP contribution in [0.2, 0.25) is 0 Å². The van der Waals surface area contributed by atoms with Crippen molar-refractivity contribution in [2.24, 2.45) is 5.10 Å². The number of carbonyl (C=O) groups is 1. The van der Waals surface area contributed by atoms with Crippen molar-refractivity contribution in [3.8, 4) is 17.2 Å². The molecule has 0 saturated heterocycles. The SMILES string of the molecule is CCOc1cc(/C=N\NC(=O)c2ccncc2)ccc1OCCCOc1ccc(C)c(C)c1. The molecule has 0 saturated carbocycles. The van der Waals surface area contributed by atoms with E-state index in [0.717, 1.165) is 17.7 Å². The maximum atomic E-state index is 12.0. The van der Waals surface area contributed by atoms with E-state index < -0.39 is 0 Å². The van der Waals surface area contributed by atoms with Crippen LogP contribution in [0.1, 0.15) is 40.4 Å². The number of nitrogens with one attached hydrogen (secondary N) is 1. The molecule has 0 aliphatic carbocycles. The van der Waals surface area contributed by atoms with Gasteiger partial charge in [-0.2, -0.15) is 5.10 Å². The van der Waals surface area contributed by atoms with Crippen molar-refractivity contribution >= 4 is 12.1 Å². The average Bonchev–Trinajstić information content (AvgIpc) is 2.83. The summed E-state index contributed by atoms with van der Waals surface area (Å²) in [6, 6.07) is 14.8. The van der Waals surface area contributed by atoms with E-state index in [1.54, 1.807) is 30.7 Å². The lowest BCUT2D eigenvalue weighted by molar-refractivity contribution is 0.0955. The zero-order valence-corrected chi connectivity index (χ0v) is 19.2. The minimum atomic E-state index is -0.304. The topological polar surface area (TPSA) is 82.0 Å². The summed E-state index contributed by atoms with van der Waals surface area (Å²) in [5, 5.41) is 4.02. The number of aromatic nitrogens is 1. The molecule has 0 aliphatic heterocycles. The highest BCUT2D eigenvalue weighted by atomic mass is 16.5. The molecule has 2 aromatic carbocycles. The molecule has 1 N–H and O–H groups in total. The van der Waals surface area contributed by atoms with Crippen molar-refractivity contribution in [3.05, 3.63) is 83.2 Å². The fraction of sp³-hybridized carbons (Fsp3) is 0.269. The van der Waals surface area contributed by atoms with Crippen LogP contribution < -0.4 is 19.6 Å². The number of hydrazone groups is 1. The summed E-state index contributed by atoms with van der Waals surface area (Å²) in [6.07, 6.45) is 5.41. The van der Waals surface area contributed by atoms with Gasteiger partial charge in [0.15, 0.2) is 11.5 Å². The first kappa shape index (κ1) is 23.8. The normalized spacial score (nSPS) is 10.8. The molecule has 1 amide bonds. The quantitative estimate of drug-likeness (QED) is 0.262. The van der Waals surface area contributed by atoms with Crippen molar-refractivity contribution in [3.63, 3.8) is 0 Å². The summed E-state index contributed by atoms with van der Waals surface area (Å²) in [6.45, 7) is 7.64. The summed E-state index contributed by atoms with van der Waals surface area (Å²) in [5.74, 6) is 1.84. The average molecular weight is 448 g/mol. The lowest BCUT2D eigenvalue weighted by Crippen LogP contribution is -2.17. The standard InChI is InChI=1S/C26H29N3O4/c1-4-31-25-17-21(18-28-29-26(30)22-10-12-27-13-11-22)7-9-24(25)33-15-5-14-32-23-8-6-19(2)20(3)16-23/h6-13,16-18H,4-5,14-15H2,1-3H3,(H,29,30)/b28-18-. The van der Waals surface area contributed by atoms with Gasteiger partial charge in [-0.05, 0) is 79.9 Å². The number of pyridine rings is 1. The Balaban J connectivity index is 1.50. The fourth-order valence-electron chi connectivity index (χ4n) is 2.96. The highest BCUT2D eigenvalue weighted by Crippen LogP contribution is 2.28. The highest BCUT2D eigenvalue weighted by molar-refractivity contribution is 5.94. The number of hydrogen-bond donors (Lipinski definition) is 1. The van der Waals surface area contributed by atoms with Crippen LogP contribution in [0.3, 0.4) is 0 Å². The van der Waals surface area contributed by atoms with Crippen LogP contribution in [-0.2, 0) is 0 Å². The predicted octanol–water partition coefficient (Wildman–Crippen LogP) is 4.71. The Morgan fingerprint density at radius 2 is 1.73 bits per heavy atom. The van der Waals surface area contributed by atoms with Gasteiger partial charge in [-0.25, -0.2) is 5.43 Å². The molecule has 3 aromatic rings. The molecule has 1 heterocycles. The summed E-state index contributed by atoms with van der Waals surface area (Å²) >= 11 is 0. The summed E-state index contributed by atoms with van der Waals surface area (Å²) < 4.78 is 17.4. The van der Waals surface area contributed by atoms with E-state index in [0.29, 0.717) is 36.9 Å². The van der Waals surface area contributed by atoms with Gasteiger partial charge in [0, 0.05) is 24.4 Å². The molecule has 7 nitrogen and oxygen atoms in total. The van der Waals surface area contributed by atoms with Gasteiger partial charge < -0.3 is 14.2 Å². The molecule has 0 spiro atoms. The van der Waals surface area contributed by atoms with Gasteiger partial charge in [0.2, 0.25) is 0 Å². The Kier molecular flexibility index (Phi) is 8.82. The largest absolute Gasteiger partial charge is 0.493 e. The van der Waals surface area contributed by atoms with Crippen molar-refractivity contribution in [2.75, 3.05) is 19.8 Å². The Morgan fingerprint density at radius 1 is 0.939 bits per heavy atom. The third-order valence-corrected chi connectivity index (χ3v) is 4.88. The first-order valence-electron chi connectivity index (χ1n) is 10.9. The third-order valence-electron chi connectivity index (χ3n) is 4.88. The van der Waals surface area contributed by atoms with Crippen molar-refractivity contribution in [2.45, 2.75) is 27.2 Å². The van der Waals surface area contributed by atoms with Gasteiger partial charge in [-0.1, -0.05) is 6.07 Å². The Bertz CT molecular complexity index is 1080. The zero-order chi connectivity index (χ0) is 23.5. The molecule has 172 valence electrons. The number of aryl methyl sites for hydroxylation is 2. The molecule has 7 heteroatoms. The molecular weight excluding hydrogens is 418 g/mol. The summed E-state index contributed by atoms with van der Waals surface area (Å²) in [7, 11) is 0. The van der Waals surface area contributed by atoms with E-state index in [2.05, 4.69) is 35.4 Å². The minimum absolute atomic E-state index is 0.304. The number of hydrogen-bond acceptors (Lipinski definition) is 6. The van der Waals surface area contributed by atoms with Crippen molar-refractivity contribution in [1.29, 1.82) is 0 Å². The van der Waals surface area contributed by atoms with Gasteiger partial charge in [0.05, 0.1) is 26.0 Å². The van der Waals surface area contributed by atoms with Crippen molar-refractivity contribution < 1.29 is 19.0 Å². The molecular formula is C26H29N3O4. The number of ether oxygens (including phenoxy) is 3. The monoisotopic (exact) mass is 447 g/mol. The number of carbonyl (C=O) groups excluding carboxylic acids is 1. The minimum Gasteiger partial charge on any atom is -0.493 e.